The van der Waals surface area contributed by atoms with Gasteiger partial charge in [-0.25, -0.2) is 0 Å². The van der Waals surface area contributed by atoms with Crippen LogP contribution in [0, 0.1) is 13.8 Å². The van der Waals surface area contributed by atoms with E-state index in [1.165, 1.54) is 11.3 Å². The molecule has 1 aromatic rings. The molecule has 0 spiro atoms. The number of rotatable bonds is 7. The Hall–Kier alpha value is -0.910. The van der Waals surface area contributed by atoms with Crippen molar-refractivity contribution >= 4 is 0 Å². The van der Waals surface area contributed by atoms with Crippen molar-refractivity contribution in [1.29, 1.82) is 0 Å². The van der Waals surface area contributed by atoms with E-state index < -0.39 is 0 Å². The lowest BCUT2D eigenvalue weighted by Gasteiger charge is -2.23. The second-order valence-corrected chi connectivity index (χ2v) is 5.88. The predicted molar refractivity (Wildman–Crippen MR) is 85.6 cm³/mol. The number of aryl methyl sites for hydroxylation is 2. The third kappa shape index (κ3) is 3.65. The first-order chi connectivity index (χ1) is 10.1. The van der Waals surface area contributed by atoms with Crippen LogP contribution in [0.4, 0.5) is 0 Å². The number of nitrogens with zero attached hydrogens (tertiary/aromatic N) is 3. The van der Waals surface area contributed by atoms with Gasteiger partial charge in [0.25, 0.3) is 0 Å². The van der Waals surface area contributed by atoms with Gasteiger partial charge in [0.05, 0.1) is 5.69 Å². The van der Waals surface area contributed by atoms with Crippen LogP contribution in [0.3, 0.4) is 0 Å². The quantitative estimate of drug-likeness (QED) is 0.833. The van der Waals surface area contributed by atoms with Crippen LogP contribution in [-0.2, 0) is 11.8 Å². The van der Waals surface area contributed by atoms with E-state index in [4.69, 9.17) is 4.74 Å². The number of hydrogen-bond donors (Lipinski definition) is 1. The third-order valence-electron chi connectivity index (χ3n) is 4.67. The first-order valence-electron chi connectivity index (χ1n) is 8.15. The summed E-state index contributed by atoms with van der Waals surface area (Å²) in [5.74, 6) is 0. The summed E-state index contributed by atoms with van der Waals surface area (Å²) in [6.07, 6.45) is 1.23. The Labute approximate surface area is 128 Å². The minimum Gasteiger partial charge on any atom is -0.372 e. The molecule has 2 rings (SSSR count). The van der Waals surface area contributed by atoms with Crippen LogP contribution >= 0.6 is 0 Å². The fourth-order valence-corrected chi connectivity index (χ4v) is 3.23. The second-order valence-electron chi connectivity index (χ2n) is 5.88. The molecule has 21 heavy (non-hydrogen) atoms. The standard InChI is InChI=1S/C16H30N4O/c1-6-20(7-2)10-9-17-14-8-11-21-16(14)15-12(3)18-19(5)13(15)4/h14,16-17H,6-11H2,1-5H3/t14-,16-/m0/s1. The molecule has 1 aliphatic heterocycles. The normalized spacial score (nSPS) is 22.4. The Bertz CT molecular complexity index is 453. The molecule has 1 aromatic heterocycles. The maximum Gasteiger partial charge on any atom is 0.101 e. The highest BCUT2D eigenvalue weighted by molar-refractivity contribution is 5.29. The molecule has 0 bridgehead atoms. The van der Waals surface area contributed by atoms with Gasteiger partial charge in [0.15, 0.2) is 0 Å². The zero-order valence-corrected chi connectivity index (χ0v) is 14.1. The monoisotopic (exact) mass is 294 g/mol. The van der Waals surface area contributed by atoms with Crippen molar-refractivity contribution in [2.24, 2.45) is 7.05 Å². The number of nitrogens with one attached hydrogen (secondary N) is 1. The fraction of sp³-hybridized carbons (Fsp3) is 0.812. The zero-order valence-electron chi connectivity index (χ0n) is 14.1. The summed E-state index contributed by atoms with van der Waals surface area (Å²) in [6, 6.07) is 0.405. The second kappa shape index (κ2) is 7.38. The van der Waals surface area contributed by atoms with Gasteiger partial charge in [-0.15, -0.1) is 0 Å². The fourth-order valence-electron chi connectivity index (χ4n) is 3.23. The summed E-state index contributed by atoms with van der Waals surface area (Å²) in [5.41, 5.74) is 3.59. The molecule has 5 heteroatoms. The zero-order chi connectivity index (χ0) is 15.4. The lowest BCUT2D eigenvalue weighted by Crippen LogP contribution is -2.38. The van der Waals surface area contributed by atoms with Crippen LogP contribution in [0.1, 0.15) is 43.3 Å². The van der Waals surface area contributed by atoms with E-state index >= 15 is 0 Å². The first-order valence-corrected chi connectivity index (χ1v) is 8.15. The van der Waals surface area contributed by atoms with Crippen molar-refractivity contribution in [2.45, 2.75) is 46.3 Å². The molecule has 0 radical (unpaired) electrons. The molecule has 1 saturated heterocycles. The van der Waals surface area contributed by atoms with E-state index in [9.17, 15) is 0 Å². The molecule has 1 fully saturated rings. The van der Waals surface area contributed by atoms with Gasteiger partial charge >= 0.3 is 0 Å². The average molecular weight is 294 g/mol. The maximum absolute atomic E-state index is 6.01. The van der Waals surface area contributed by atoms with E-state index in [0.717, 1.165) is 44.9 Å². The predicted octanol–water partition coefficient (Wildman–Crippen LogP) is 1.80. The van der Waals surface area contributed by atoms with Crippen LogP contribution in [0.5, 0.6) is 0 Å². The van der Waals surface area contributed by atoms with Gasteiger partial charge in [-0.2, -0.15) is 5.10 Å². The molecule has 0 unspecified atom stereocenters. The highest BCUT2D eigenvalue weighted by Crippen LogP contribution is 2.32. The Morgan fingerprint density at radius 3 is 2.62 bits per heavy atom. The van der Waals surface area contributed by atoms with Crippen molar-refractivity contribution < 1.29 is 4.74 Å². The van der Waals surface area contributed by atoms with Crippen LogP contribution in [0.25, 0.3) is 0 Å². The van der Waals surface area contributed by atoms with E-state index in [-0.39, 0.29) is 6.10 Å². The summed E-state index contributed by atoms with van der Waals surface area (Å²) in [6.45, 7) is 13.8. The molecule has 1 N–H and O–H groups in total. The Balaban J connectivity index is 1.97. The number of likely N-dealkylation sites (N-methyl/N-ethyl adjacent to an activating group) is 1. The number of aromatic nitrogens is 2. The highest BCUT2D eigenvalue weighted by atomic mass is 16.5. The molecular weight excluding hydrogens is 264 g/mol. The van der Waals surface area contributed by atoms with Gasteiger partial charge in [-0.1, -0.05) is 13.8 Å². The topological polar surface area (TPSA) is 42.3 Å². The van der Waals surface area contributed by atoms with Crippen LogP contribution in [-0.4, -0.2) is 53.5 Å². The van der Waals surface area contributed by atoms with Crippen molar-refractivity contribution in [1.82, 2.24) is 20.0 Å². The minimum atomic E-state index is 0.149. The molecule has 2 atom stereocenters. The summed E-state index contributed by atoms with van der Waals surface area (Å²) >= 11 is 0. The van der Waals surface area contributed by atoms with E-state index in [1.54, 1.807) is 0 Å². The van der Waals surface area contributed by atoms with Crippen LogP contribution in [0.2, 0.25) is 0 Å². The van der Waals surface area contributed by atoms with Crippen molar-refractivity contribution in [2.75, 3.05) is 32.8 Å². The summed E-state index contributed by atoms with van der Waals surface area (Å²) in [5, 5.41) is 8.21. The molecule has 0 amide bonds. The van der Waals surface area contributed by atoms with Gasteiger partial charge in [0.1, 0.15) is 6.10 Å². The molecule has 5 nitrogen and oxygen atoms in total. The third-order valence-corrected chi connectivity index (χ3v) is 4.67. The maximum atomic E-state index is 6.01. The lowest BCUT2D eigenvalue weighted by molar-refractivity contribution is 0.0971. The largest absolute Gasteiger partial charge is 0.372 e. The molecule has 0 saturated carbocycles. The summed E-state index contributed by atoms with van der Waals surface area (Å²) in [7, 11) is 2.00. The number of hydrogen-bond acceptors (Lipinski definition) is 4. The molecule has 120 valence electrons. The Morgan fingerprint density at radius 1 is 1.33 bits per heavy atom. The average Bonchev–Trinajstić information content (AvgIpc) is 3.00. The smallest absolute Gasteiger partial charge is 0.101 e. The Morgan fingerprint density at radius 2 is 2.05 bits per heavy atom. The van der Waals surface area contributed by atoms with Crippen molar-refractivity contribution in [3.05, 3.63) is 17.0 Å². The van der Waals surface area contributed by atoms with E-state index in [1.807, 2.05) is 11.7 Å². The van der Waals surface area contributed by atoms with Crippen molar-refractivity contribution in [3.63, 3.8) is 0 Å². The number of ether oxygens (including phenoxy) is 1. The molecule has 2 heterocycles. The minimum absolute atomic E-state index is 0.149. The van der Waals surface area contributed by atoms with E-state index in [2.05, 4.69) is 43.0 Å². The highest BCUT2D eigenvalue weighted by Gasteiger charge is 2.33. The molecular formula is C16H30N4O. The van der Waals surface area contributed by atoms with Crippen LogP contribution < -0.4 is 5.32 Å². The molecule has 1 aliphatic rings. The van der Waals surface area contributed by atoms with Gasteiger partial charge in [-0.05, 0) is 33.4 Å². The van der Waals surface area contributed by atoms with Gasteiger partial charge in [-0.3, -0.25) is 4.68 Å². The van der Waals surface area contributed by atoms with Gasteiger partial charge in [0, 0.05) is 44.0 Å². The van der Waals surface area contributed by atoms with Gasteiger partial charge in [0.2, 0.25) is 0 Å². The van der Waals surface area contributed by atoms with Crippen molar-refractivity contribution in [3.8, 4) is 0 Å². The van der Waals surface area contributed by atoms with Gasteiger partial charge < -0.3 is 15.0 Å². The summed E-state index contributed by atoms with van der Waals surface area (Å²) in [4.78, 5) is 2.44. The first kappa shape index (κ1) is 16.5. The molecule has 0 aliphatic carbocycles. The summed E-state index contributed by atoms with van der Waals surface area (Å²) < 4.78 is 7.97. The SMILES string of the molecule is CCN(CC)CCN[C@H]1CCO[C@@H]1c1c(C)nn(C)c1C. The molecule has 0 aromatic carbocycles. The van der Waals surface area contributed by atoms with Crippen LogP contribution in [0.15, 0.2) is 0 Å². The Kier molecular flexibility index (Phi) is 5.79. The lowest BCUT2D eigenvalue weighted by atomic mass is 10.0. The van der Waals surface area contributed by atoms with E-state index in [0.29, 0.717) is 6.04 Å².